The van der Waals surface area contributed by atoms with Gasteiger partial charge in [-0.1, -0.05) is 24.3 Å². The van der Waals surface area contributed by atoms with Crippen molar-refractivity contribution in [3.05, 3.63) is 72.8 Å². The molecule has 1 amide bonds. The van der Waals surface area contributed by atoms with E-state index in [0.717, 1.165) is 0 Å². The number of aliphatic carboxylic acids is 1. The molecule has 0 fully saturated rings. The predicted molar refractivity (Wildman–Crippen MR) is 188 cm³/mol. The first-order valence-corrected chi connectivity index (χ1v) is 17.1. The molecule has 51 heavy (non-hydrogen) atoms. The van der Waals surface area contributed by atoms with Crippen molar-refractivity contribution in [3.8, 4) is 11.5 Å². The number of amides is 1. The third-order valence-electron chi connectivity index (χ3n) is 6.41. The highest BCUT2D eigenvalue weighted by molar-refractivity contribution is 7.89. The Labute approximate surface area is 296 Å². The zero-order valence-corrected chi connectivity index (χ0v) is 30.0. The van der Waals surface area contributed by atoms with Crippen LogP contribution in [-0.4, -0.2) is 75.1 Å². The number of benzene rings is 3. The molecular weight excluding hydrogens is 686 g/mol. The number of carboxylic acid groups (broad SMARTS) is 1. The van der Waals surface area contributed by atoms with Crippen LogP contribution < -0.4 is 35.3 Å². The fraction of sp³-hybridized carbons (Fsp3) is 0.353. The molecule has 276 valence electrons. The van der Waals surface area contributed by atoms with Gasteiger partial charge in [0.05, 0.1) is 28.5 Å². The summed E-state index contributed by atoms with van der Waals surface area (Å²) < 4.78 is 44.7. The molecule has 0 heterocycles. The van der Waals surface area contributed by atoms with Gasteiger partial charge in [0, 0.05) is 13.1 Å². The largest absolute Gasteiger partial charge is 0.514 e. The summed E-state index contributed by atoms with van der Waals surface area (Å²) in [4.78, 5) is 53.3. The Morgan fingerprint density at radius 3 is 1.55 bits per heavy atom. The summed E-state index contributed by atoms with van der Waals surface area (Å²) in [6, 6.07) is 18.0. The maximum absolute atomic E-state index is 13.3. The van der Waals surface area contributed by atoms with Gasteiger partial charge in [-0.05, 0) is 90.1 Å². The lowest BCUT2D eigenvalue weighted by Gasteiger charge is -2.31. The van der Waals surface area contributed by atoms with E-state index >= 15 is 0 Å². The van der Waals surface area contributed by atoms with Crippen LogP contribution in [0.1, 0.15) is 41.5 Å². The fourth-order valence-corrected chi connectivity index (χ4v) is 4.90. The maximum atomic E-state index is 13.3. The van der Waals surface area contributed by atoms with Crippen molar-refractivity contribution < 1.29 is 51.6 Å². The number of primary sulfonamides is 1. The van der Waals surface area contributed by atoms with E-state index in [4.69, 9.17) is 24.1 Å². The summed E-state index contributed by atoms with van der Waals surface area (Å²) >= 11 is 0. The van der Waals surface area contributed by atoms with Gasteiger partial charge in [-0.25, -0.2) is 23.1 Å². The van der Waals surface area contributed by atoms with E-state index in [9.17, 15) is 32.7 Å². The second-order valence-electron chi connectivity index (χ2n) is 13.0. The van der Waals surface area contributed by atoms with Crippen molar-refractivity contribution in [2.24, 2.45) is 5.14 Å². The maximum Gasteiger partial charge on any atom is 0.514 e. The van der Waals surface area contributed by atoms with E-state index in [1.165, 1.54) is 41.3 Å². The van der Waals surface area contributed by atoms with E-state index in [1.54, 1.807) is 82.8 Å². The van der Waals surface area contributed by atoms with Gasteiger partial charge in [0.15, 0.2) is 11.5 Å². The van der Waals surface area contributed by atoms with E-state index < -0.39 is 52.0 Å². The summed E-state index contributed by atoms with van der Waals surface area (Å²) in [5.74, 6) is -1.65. The average Bonchev–Trinajstić information content (AvgIpc) is 3.00. The Hall–Kier alpha value is -5.55. The molecule has 16 nitrogen and oxygen atoms in total. The third-order valence-corrected chi connectivity index (χ3v) is 7.34. The summed E-state index contributed by atoms with van der Waals surface area (Å²) in [5, 5.41) is 15.0. The Morgan fingerprint density at radius 2 is 1.14 bits per heavy atom. The minimum Gasteiger partial charge on any atom is -0.480 e. The molecule has 3 aromatic rings. The number of nitrogens with one attached hydrogen (secondary N) is 2. The normalized spacial score (nSPS) is 11.5. The van der Waals surface area contributed by atoms with Crippen LogP contribution in [0.3, 0.4) is 0 Å². The van der Waals surface area contributed by atoms with Crippen molar-refractivity contribution in [1.82, 2.24) is 5.43 Å². The van der Waals surface area contributed by atoms with Gasteiger partial charge in [-0.3, -0.25) is 20.4 Å². The van der Waals surface area contributed by atoms with Crippen molar-refractivity contribution >= 4 is 51.3 Å². The summed E-state index contributed by atoms with van der Waals surface area (Å²) in [7, 11) is -3.92. The number of carbonyl (C=O) groups excluding carboxylic acids is 3. The molecule has 0 saturated heterocycles. The molecule has 0 saturated carbocycles. The minimum absolute atomic E-state index is 0.0147. The molecule has 5 N–H and O–H groups in total. The molecule has 3 rings (SSSR count). The average molecular weight is 730 g/mol. The lowest BCUT2D eigenvalue weighted by Crippen LogP contribution is -2.44. The monoisotopic (exact) mass is 729 g/mol. The van der Waals surface area contributed by atoms with E-state index in [2.05, 4.69) is 10.9 Å². The van der Waals surface area contributed by atoms with Crippen molar-refractivity contribution in [1.29, 1.82) is 0 Å². The zero-order valence-electron chi connectivity index (χ0n) is 29.2. The number of nitrogens with zero attached hydrogens (tertiary/aromatic N) is 2. The van der Waals surface area contributed by atoms with Crippen LogP contribution in [0.15, 0.2) is 77.7 Å². The Kier molecular flexibility index (Phi) is 13.2. The molecule has 0 atom stereocenters. The topological polar surface area (TPSA) is 216 Å². The van der Waals surface area contributed by atoms with Gasteiger partial charge in [0.2, 0.25) is 10.0 Å². The van der Waals surface area contributed by atoms with Gasteiger partial charge in [0.25, 0.3) is 5.91 Å². The highest BCUT2D eigenvalue weighted by Gasteiger charge is 2.25. The van der Waals surface area contributed by atoms with Crippen LogP contribution >= 0.6 is 0 Å². The highest BCUT2D eigenvalue weighted by atomic mass is 32.2. The second kappa shape index (κ2) is 16.9. The van der Waals surface area contributed by atoms with Crippen LogP contribution in [0.4, 0.5) is 26.7 Å². The zero-order chi connectivity index (χ0) is 38.0. The van der Waals surface area contributed by atoms with Crippen LogP contribution in [0, 0.1) is 0 Å². The van der Waals surface area contributed by atoms with E-state index in [1.807, 2.05) is 0 Å². The number of ether oxygens (including phenoxy) is 4. The number of hydrazine groups is 1. The number of anilines is 3. The number of nitrogens with two attached hydrogens (primary N) is 1. The Balaban J connectivity index is 1.91. The summed E-state index contributed by atoms with van der Waals surface area (Å²) in [6.45, 7) is 9.14. The van der Waals surface area contributed by atoms with Crippen LogP contribution in [0.5, 0.6) is 11.5 Å². The van der Waals surface area contributed by atoms with Crippen molar-refractivity contribution in [2.75, 3.05) is 41.4 Å². The molecule has 3 aromatic carbocycles. The number of para-hydroxylation sites is 4. The number of hydrogen-bond donors (Lipinski definition) is 4. The molecule has 0 spiro atoms. The lowest BCUT2D eigenvalue weighted by atomic mass is 10.2. The molecule has 0 aromatic heterocycles. The smallest absolute Gasteiger partial charge is 0.480 e. The predicted octanol–water partition coefficient (Wildman–Crippen LogP) is 4.50. The first kappa shape index (κ1) is 39.9. The van der Waals surface area contributed by atoms with Crippen molar-refractivity contribution in [2.45, 2.75) is 57.6 Å². The van der Waals surface area contributed by atoms with E-state index in [0.29, 0.717) is 11.4 Å². The quantitative estimate of drug-likeness (QED) is 0.102. The van der Waals surface area contributed by atoms with Gasteiger partial charge >= 0.3 is 18.3 Å². The van der Waals surface area contributed by atoms with Crippen LogP contribution in [-0.2, 0) is 29.1 Å². The van der Waals surface area contributed by atoms with Gasteiger partial charge in [-0.15, -0.1) is 0 Å². The van der Waals surface area contributed by atoms with E-state index in [-0.39, 0.29) is 41.7 Å². The summed E-state index contributed by atoms with van der Waals surface area (Å²) in [5.41, 5.74) is 4.44. The Morgan fingerprint density at radius 1 is 0.706 bits per heavy atom. The van der Waals surface area contributed by atoms with Gasteiger partial charge in [0.1, 0.15) is 17.7 Å². The van der Waals surface area contributed by atoms with Crippen molar-refractivity contribution in [3.63, 3.8) is 0 Å². The van der Waals surface area contributed by atoms with Crippen LogP contribution in [0.2, 0.25) is 0 Å². The number of hydrogen-bond acceptors (Lipinski definition) is 13. The molecule has 0 bridgehead atoms. The highest BCUT2D eigenvalue weighted by Crippen LogP contribution is 2.31. The third kappa shape index (κ3) is 13.7. The first-order valence-electron chi connectivity index (χ1n) is 15.6. The molecule has 0 radical (unpaired) electrons. The number of carbonyl (C=O) groups is 4. The fourth-order valence-electron chi connectivity index (χ4n) is 4.39. The number of carboxylic acids is 1. The number of rotatable bonds is 14. The summed E-state index contributed by atoms with van der Waals surface area (Å²) in [6.07, 6.45) is -1.96. The Bertz CT molecular complexity index is 1800. The molecule has 0 aliphatic carbocycles. The van der Waals surface area contributed by atoms with Crippen LogP contribution in [0.25, 0.3) is 0 Å². The van der Waals surface area contributed by atoms with Gasteiger partial charge < -0.3 is 33.9 Å². The minimum atomic E-state index is -3.92. The molecule has 17 heteroatoms. The first-order chi connectivity index (χ1) is 23.7. The molecule has 0 aliphatic rings. The molecule has 0 unspecified atom stereocenters. The standard InChI is InChI=1S/C34H43N5O11S/c1-33(2,3)49-31(43)47-27-13-9-7-11-25(27)38(21-29(40)37-36-23-15-17-24(18-16-23)51(35,45)46)19-20-39(22-30(41)42)26-12-8-10-14-28(26)48-32(44)50-34(4,5)6/h7-18,36H,19-22H2,1-6H3,(H,37,40)(H,41,42)(H2,35,45,46). The molecular formula is C34H43N5O11S. The lowest BCUT2D eigenvalue weighted by molar-refractivity contribution is -0.135. The number of sulfonamides is 1. The van der Waals surface area contributed by atoms with Gasteiger partial charge in [-0.2, -0.15) is 0 Å². The second-order valence-corrected chi connectivity index (χ2v) is 14.6. The molecule has 0 aliphatic heterocycles. The SMILES string of the molecule is CC(C)(C)OC(=O)Oc1ccccc1N(CCN(CC(=O)NNc1ccc(S(N)(=O)=O)cc1)c1ccccc1OC(=O)OC(C)(C)C)CC(=O)O.